The molecule has 0 saturated carbocycles. The molecule has 0 aliphatic rings. The fourth-order valence-electron chi connectivity index (χ4n) is 2.11. The number of rotatable bonds is 8. The summed E-state index contributed by atoms with van der Waals surface area (Å²) in [7, 11) is 0. The Morgan fingerprint density at radius 1 is 1.37 bits per heavy atom. The van der Waals surface area contributed by atoms with E-state index in [9.17, 15) is 0 Å². The number of nitrogens with zero attached hydrogens (tertiary/aromatic N) is 2. The fraction of sp³-hybridized carbons (Fsp3) is 0.667. The van der Waals surface area contributed by atoms with Gasteiger partial charge in [0.1, 0.15) is 5.82 Å². The van der Waals surface area contributed by atoms with E-state index in [1.807, 2.05) is 6.20 Å². The molecule has 0 spiro atoms. The summed E-state index contributed by atoms with van der Waals surface area (Å²) in [6.07, 6.45) is 4.29. The second-order valence-corrected chi connectivity index (χ2v) is 5.91. The molecule has 0 radical (unpaired) electrons. The van der Waals surface area contributed by atoms with Crippen molar-refractivity contribution in [2.75, 3.05) is 25.0 Å². The standard InChI is InChI=1S/C15H26BrN3/c1-5-19(6-2)9-7-8-13(4)18-15-14(16)10-12(3)11-17-15/h10-11,13H,5-9H2,1-4H3,(H,17,18). The second kappa shape index (κ2) is 8.54. The van der Waals surface area contributed by atoms with Crippen LogP contribution in [0.1, 0.15) is 39.2 Å². The van der Waals surface area contributed by atoms with Gasteiger partial charge in [-0.2, -0.15) is 0 Å². The summed E-state index contributed by atoms with van der Waals surface area (Å²) < 4.78 is 1.04. The van der Waals surface area contributed by atoms with Crippen molar-refractivity contribution < 1.29 is 0 Å². The number of pyridine rings is 1. The van der Waals surface area contributed by atoms with Gasteiger partial charge in [0.15, 0.2) is 0 Å². The maximum absolute atomic E-state index is 4.42. The van der Waals surface area contributed by atoms with E-state index in [2.05, 4.69) is 64.9 Å². The number of anilines is 1. The van der Waals surface area contributed by atoms with Crippen molar-refractivity contribution in [3.63, 3.8) is 0 Å². The van der Waals surface area contributed by atoms with Gasteiger partial charge in [0, 0.05) is 12.2 Å². The third-order valence-electron chi connectivity index (χ3n) is 3.37. The molecule has 1 aromatic rings. The summed E-state index contributed by atoms with van der Waals surface area (Å²) in [6.45, 7) is 12.2. The molecule has 1 heterocycles. The van der Waals surface area contributed by atoms with E-state index in [0.717, 1.165) is 23.4 Å². The van der Waals surface area contributed by atoms with Crippen molar-refractivity contribution in [2.45, 2.75) is 46.6 Å². The summed E-state index contributed by atoms with van der Waals surface area (Å²) in [6, 6.07) is 2.54. The lowest BCUT2D eigenvalue weighted by molar-refractivity contribution is 0.295. The SMILES string of the molecule is CCN(CC)CCCC(C)Nc1ncc(C)cc1Br. The zero-order valence-electron chi connectivity index (χ0n) is 12.5. The van der Waals surface area contributed by atoms with Crippen molar-refractivity contribution in [3.05, 3.63) is 22.3 Å². The van der Waals surface area contributed by atoms with E-state index >= 15 is 0 Å². The predicted octanol–water partition coefficient (Wildman–Crippen LogP) is 4.07. The summed E-state index contributed by atoms with van der Waals surface area (Å²) in [5, 5.41) is 3.47. The van der Waals surface area contributed by atoms with Crippen molar-refractivity contribution in [1.29, 1.82) is 0 Å². The minimum absolute atomic E-state index is 0.446. The average molecular weight is 328 g/mol. The van der Waals surface area contributed by atoms with Crippen molar-refractivity contribution in [1.82, 2.24) is 9.88 Å². The summed E-state index contributed by atoms with van der Waals surface area (Å²) in [5.41, 5.74) is 1.17. The average Bonchev–Trinajstić information content (AvgIpc) is 2.38. The molecule has 0 aromatic carbocycles. The molecule has 0 aliphatic carbocycles. The number of aryl methyl sites for hydroxylation is 1. The number of nitrogens with one attached hydrogen (secondary N) is 1. The van der Waals surface area contributed by atoms with Gasteiger partial charge in [0.25, 0.3) is 0 Å². The quantitative estimate of drug-likeness (QED) is 0.779. The van der Waals surface area contributed by atoms with Gasteiger partial charge >= 0.3 is 0 Å². The number of halogens is 1. The Morgan fingerprint density at radius 3 is 2.63 bits per heavy atom. The molecule has 0 amide bonds. The Hall–Kier alpha value is -0.610. The van der Waals surface area contributed by atoms with Gasteiger partial charge in [-0.3, -0.25) is 0 Å². The largest absolute Gasteiger partial charge is 0.367 e. The van der Waals surface area contributed by atoms with Gasteiger partial charge in [-0.15, -0.1) is 0 Å². The smallest absolute Gasteiger partial charge is 0.140 e. The van der Waals surface area contributed by atoms with Crippen LogP contribution in [0.3, 0.4) is 0 Å². The third-order valence-corrected chi connectivity index (χ3v) is 3.97. The van der Waals surface area contributed by atoms with Crippen LogP contribution in [0.4, 0.5) is 5.82 Å². The highest BCUT2D eigenvalue weighted by atomic mass is 79.9. The maximum atomic E-state index is 4.42. The number of hydrogen-bond donors (Lipinski definition) is 1. The van der Waals surface area contributed by atoms with Crippen LogP contribution in [-0.2, 0) is 0 Å². The van der Waals surface area contributed by atoms with Crippen molar-refractivity contribution in [2.24, 2.45) is 0 Å². The van der Waals surface area contributed by atoms with Gasteiger partial charge < -0.3 is 10.2 Å². The highest BCUT2D eigenvalue weighted by Crippen LogP contribution is 2.21. The van der Waals surface area contributed by atoms with Crippen LogP contribution >= 0.6 is 15.9 Å². The van der Waals surface area contributed by atoms with Crippen LogP contribution in [0.25, 0.3) is 0 Å². The lowest BCUT2D eigenvalue weighted by atomic mass is 10.1. The molecule has 1 N–H and O–H groups in total. The fourth-order valence-corrected chi connectivity index (χ4v) is 2.68. The molecule has 1 atom stereocenters. The second-order valence-electron chi connectivity index (χ2n) is 5.06. The van der Waals surface area contributed by atoms with Crippen LogP contribution in [0.5, 0.6) is 0 Å². The van der Waals surface area contributed by atoms with E-state index in [1.54, 1.807) is 0 Å². The minimum atomic E-state index is 0.446. The molecule has 0 saturated heterocycles. The zero-order valence-corrected chi connectivity index (χ0v) is 14.1. The minimum Gasteiger partial charge on any atom is -0.367 e. The molecule has 1 aromatic heterocycles. The summed E-state index contributed by atoms with van der Waals surface area (Å²) in [5.74, 6) is 0.945. The Bertz CT molecular complexity index is 378. The number of aromatic nitrogens is 1. The van der Waals surface area contributed by atoms with Crippen LogP contribution in [0.2, 0.25) is 0 Å². The molecule has 3 nitrogen and oxygen atoms in total. The topological polar surface area (TPSA) is 28.2 Å². The first kappa shape index (κ1) is 16.4. The highest BCUT2D eigenvalue weighted by Gasteiger charge is 2.07. The Kier molecular flexibility index (Phi) is 7.39. The molecule has 4 heteroatoms. The molecule has 1 unspecified atom stereocenters. The van der Waals surface area contributed by atoms with Gasteiger partial charge in [0.2, 0.25) is 0 Å². The molecule has 0 aliphatic heterocycles. The van der Waals surface area contributed by atoms with Crippen LogP contribution in [0.15, 0.2) is 16.7 Å². The molecule has 0 bridgehead atoms. The molecule has 0 fully saturated rings. The van der Waals surface area contributed by atoms with Crippen molar-refractivity contribution in [3.8, 4) is 0 Å². The van der Waals surface area contributed by atoms with Gasteiger partial charge in [-0.1, -0.05) is 13.8 Å². The monoisotopic (exact) mass is 327 g/mol. The first-order valence-electron chi connectivity index (χ1n) is 7.17. The Balaban J connectivity index is 2.36. The first-order valence-corrected chi connectivity index (χ1v) is 7.97. The van der Waals surface area contributed by atoms with E-state index < -0.39 is 0 Å². The Morgan fingerprint density at radius 2 is 2.05 bits per heavy atom. The first-order chi connectivity index (χ1) is 9.06. The molecular formula is C15H26BrN3. The van der Waals surface area contributed by atoms with Crippen molar-refractivity contribution >= 4 is 21.7 Å². The van der Waals surface area contributed by atoms with Gasteiger partial charge in [-0.25, -0.2) is 4.98 Å². The van der Waals surface area contributed by atoms with E-state index in [4.69, 9.17) is 0 Å². The molecule has 108 valence electrons. The highest BCUT2D eigenvalue weighted by molar-refractivity contribution is 9.10. The summed E-state index contributed by atoms with van der Waals surface area (Å²) >= 11 is 3.56. The third kappa shape index (κ3) is 5.91. The lowest BCUT2D eigenvalue weighted by Crippen LogP contribution is -2.25. The van der Waals surface area contributed by atoms with Gasteiger partial charge in [0.05, 0.1) is 4.47 Å². The zero-order chi connectivity index (χ0) is 14.3. The molecule has 19 heavy (non-hydrogen) atoms. The van der Waals surface area contributed by atoms with Crippen LogP contribution < -0.4 is 5.32 Å². The molecule has 1 rings (SSSR count). The van der Waals surface area contributed by atoms with E-state index in [0.29, 0.717) is 6.04 Å². The summed E-state index contributed by atoms with van der Waals surface area (Å²) in [4.78, 5) is 6.89. The molecular weight excluding hydrogens is 302 g/mol. The maximum Gasteiger partial charge on any atom is 0.140 e. The van der Waals surface area contributed by atoms with Crippen LogP contribution in [0, 0.1) is 6.92 Å². The van der Waals surface area contributed by atoms with Gasteiger partial charge in [-0.05, 0) is 73.9 Å². The number of hydrogen-bond acceptors (Lipinski definition) is 3. The normalized spacial score (nSPS) is 12.7. The predicted molar refractivity (Wildman–Crippen MR) is 86.8 cm³/mol. The van der Waals surface area contributed by atoms with E-state index in [1.165, 1.54) is 24.9 Å². The Labute approximate surface area is 125 Å². The van der Waals surface area contributed by atoms with Crippen LogP contribution in [-0.4, -0.2) is 35.6 Å². The lowest BCUT2D eigenvalue weighted by Gasteiger charge is -2.20. The van der Waals surface area contributed by atoms with E-state index in [-0.39, 0.29) is 0 Å².